The normalized spacial score (nSPS) is 22.5. The number of pyridine rings is 1. The van der Waals surface area contributed by atoms with Crippen LogP contribution in [0.25, 0.3) is 11.0 Å². The van der Waals surface area contributed by atoms with Gasteiger partial charge in [0.15, 0.2) is 11.5 Å². The van der Waals surface area contributed by atoms with E-state index in [-0.39, 0.29) is 11.7 Å². The van der Waals surface area contributed by atoms with Crippen LogP contribution < -0.4 is 9.47 Å². The molecule has 280 valence electrons. The topological polar surface area (TPSA) is 163 Å². The van der Waals surface area contributed by atoms with E-state index < -0.39 is 22.2 Å². The first-order chi connectivity index (χ1) is 24.9. The second-order valence-electron chi connectivity index (χ2n) is 13.5. The molecule has 15 heteroatoms. The molecule has 2 saturated heterocycles. The average molecular weight is 757 g/mol. The molecular formula is C37H45ClN4O9S. The van der Waals surface area contributed by atoms with Crippen molar-refractivity contribution in [2.45, 2.75) is 89.2 Å². The third kappa shape index (κ3) is 9.22. The SMILES string of the molecule is C1CCC1.COS(=O)(=O)O.C[C@]1(c2ccc(Cl)cn2)Oc2cccc(C3CCCN(Cc4nc5ccc(C(=O)O)cc5n4C[C@@H]4CCO4)CC3)c2O1. The summed E-state index contributed by atoms with van der Waals surface area (Å²) >= 11 is 6.06. The Kier molecular flexibility index (Phi) is 12.0. The lowest BCUT2D eigenvalue weighted by Crippen LogP contribution is -2.33. The molecule has 13 nitrogen and oxygen atoms in total. The smallest absolute Gasteiger partial charge is 0.397 e. The van der Waals surface area contributed by atoms with Crippen LogP contribution in [0.3, 0.4) is 0 Å². The van der Waals surface area contributed by atoms with Crippen LogP contribution in [0, 0.1) is 0 Å². The van der Waals surface area contributed by atoms with Crippen LogP contribution in [0.15, 0.2) is 54.7 Å². The van der Waals surface area contributed by atoms with Crippen molar-refractivity contribution in [2.75, 3.05) is 26.8 Å². The lowest BCUT2D eigenvalue weighted by Gasteiger charge is -2.28. The number of carboxylic acids is 1. The number of carbonyl (C=O) groups is 1. The van der Waals surface area contributed by atoms with E-state index in [2.05, 4.69) is 24.7 Å². The molecule has 4 aromatic rings. The Morgan fingerprint density at radius 3 is 2.40 bits per heavy atom. The molecule has 1 aliphatic carbocycles. The summed E-state index contributed by atoms with van der Waals surface area (Å²) in [6.45, 7) is 5.91. The number of nitrogens with zero attached hydrogens (tertiary/aromatic N) is 4. The molecule has 0 radical (unpaired) electrons. The number of ether oxygens (including phenoxy) is 3. The van der Waals surface area contributed by atoms with Crippen LogP contribution in [0.4, 0.5) is 0 Å². The van der Waals surface area contributed by atoms with Crippen molar-refractivity contribution in [3.63, 3.8) is 0 Å². The number of benzene rings is 2. The maximum atomic E-state index is 11.7. The van der Waals surface area contributed by atoms with E-state index in [0.717, 1.165) is 80.8 Å². The van der Waals surface area contributed by atoms with Crippen molar-refractivity contribution < 1.29 is 41.3 Å². The number of imidazole rings is 1. The summed E-state index contributed by atoms with van der Waals surface area (Å²) in [6.07, 6.45) is 11.8. The number of carboxylic acid groups (broad SMARTS) is 1. The molecule has 0 bridgehead atoms. The fraction of sp³-hybridized carbons (Fsp3) is 0.486. The van der Waals surface area contributed by atoms with Gasteiger partial charge >= 0.3 is 16.4 Å². The number of hydrogen-bond donors (Lipinski definition) is 2. The summed E-state index contributed by atoms with van der Waals surface area (Å²) in [5.41, 5.74) is 3.78. The molecule has 3 atom stereocenters. The van der Waals surface area contributed by atoms with Gasteiger partial charge in [-0.2, -0.15) is 8.42 Å². The summed E-state index contributed by atoms with van der Waals surface area (Å²) in [5.74, 6) is 0.867. The monoisotopic (exact) mass is 756 g/mol. The standard InChI is InChI=1S/C32H33ClN4O5.C4H8.CH4O4S/c1-32(28-10-8-22(33)17-34-28)41-27-6-2-5-24(30(27)42-32)20-4-3-13-36(14-11-20)19-29-35-25-9-7-21(31(38)39)16-26(25)37(29)18-23-12-15-40-23;1-2-4-3-1;1-5-6(2,3)4/h2,5-10,16-17,20,23H,3-4,11-15,18-19H2,1H3,(H,38,39);1-4H2;1H3,(H,2,3,4)/t20?,23-,32-;;/m0../s1. The molecule has 0 amide bonds. The highest BCUT2D eigenvalue weighted by atomic mass is 35.5. The van der Waals surface area contributed by atoms with E-state index in [4.69, 9.17) is 35.3 Å². The molecule has 3 fully saturated rings. The first-order valence-electron chi connectivity index (χ1n) is 17.6. The van der Waals surface area contributed by atoms with Crippen LogP contribution in [-0.4, -0.2) is 76.4 Å². The lowest BCUT2D eigenvalue weighted by molar-refractivity contribution is -0.0722. The number of likely N-dealkylation sites (tertiary alicyclic amines) is 1. The molecule has 1 saturated carbocycles. The van der Waals surface area contributed by atoms with Crippen molar-refractivity contribution in [3.05, 3.63) is 82.4 Å². The summed E-state index contributed by atoms with van der Waals surface area (Å²) < 4.78 is 50.4. The van der Waals surface area contributed by atoms with Gasteiger partial charge in [0.2, 0.25) is 0 Å². The van der Waals surface area contributed by atoms with Gasteiger partial charge in [0.1, 0.15) is 11.5 Å². The van der Waals surface area contributed by atoms with Crippen molar-refractivity contribution in [2.24, 2.45) is 0 Å². The quantitative estimate of drug-likeness (QED) is 0.178. The molecular weight excluding hydrogens is 712 g/mol. The molecule has 2 aromatic carbocycles. The zero-order chi connectivity index (χ0) is 36.9. The van der Waals surface area contributed by atoms with Gasteiger partial charge in [-0.1, -0.05) is 49.4 Å². The lowest BCUT2D eigenvalue weighted by atomic mass is 9.91. The van der Waals surface area contributed by atoms with Crippen LogP contribution in [0.5, 0.6) is 11.5 Å². The maximum absolute atomic E-state index is 11.7. The molecule has 4 aliphatic rings. The third-order valence-corrected chi connectivity index (χ3v) is 10.5. The van der Waals surface area contributed by atoms with Gasteiger partial charge in [-0.3, -0.25) is 18.6 Å². The molecule has 3 aliphatic heterocycles. The van der Waals surface area contributed by atoms with Gasteiger partial charge in [0, 0.05) is 25.3 Å². The molecule has 52 heavy (non-hydrogen) atoms. The van der Waals surface area contributed by atoms with E-state index in [1.807, 2.05) is 31.2 Å². The molecule has 0 spiro atoms. The first-order valence-corrected chi connectivity index (χ1v) is 19.4. The van der Waals surface area contributed by atoms with Crippen molar-refractivity contribution >= 4 is 39.0 Å². The van der Waals surface area contributed by atoms with Crippen molar-refractivity contribution in [3.8, 4) is 11.5 Å². The minimum Gasteiger partial charge on any atom is -0.478 e. The highest BCUT2D eigenvalue weighted by molar-refractivity contribution is 7.80. The fourth-order valence-corrected chi connectivity index (χ4v) is 6.67. The van der Waals surface area contributed by atoms with Gasteiger partial charge in [-0.15, -0.1) is 0 Å². The summed E-state index contributed by atoms with van der Waals surface area (Å²) in [6, 6.07) is 14.9. The Morgan fingerprint density at radius 2 is 1.79 bits per heavy atom. The number of fused-ring (bicyclic) bond motifs is 2. The average Bonchev–Trinajstić information content (AvgIpc) is 3.49. The molecule has 1 unspecified atom stereocenters. The predicted octanol–water partition coefficient (Wildman–Crippen LogP) is 6.98. The second-order valence-corrected chi connectivity index (χ2v) is 15.2. The minimum absolute atomic E-state index is 0.138. The van der Waals surface area contributed by atoms with E-state index >= 15 is 0 Å². The molecule has 2 aromatic heterocycles. The minimum atomic E-state index is -4.16. The van der Waals surface area contributed by atoms with Crippen LogP contribution in [-0.2, 0) is 38.2 Å². The largest absolute Gasteiger partial charge is 0.478 e. The summed E-state index contributed by atoms with van der Waals surface area (Å²) in [7, 11) is -3.29. The zero-order valence-corrected chi connectivity index (χ0v) is 30.9. The van der Waals surface area contributed by atoms with Crippen LogP contribution in [0.2, 0.25) is 5.02 Å². The first kappa shape index (κ1) is 38.0. The second kappa shape index (κ2) is 16.5. The Hall–Kier alpha value is -3.79. The molecule has 5 heterocycles. The highest BCUT2D eigenvalue weighted by Crippen LogP contribution is 2.49. The van der Waals surface area contributed by atoms with Crippen molar-refractivity contribution in [1.82, 2.24) is 19.4 Å². The highest BCUT2D eigenvalue weighted by Gasteiger charge is 2.42. The predicted molar refractivity (Wildman–Crippen MR) is 194 cm³/mol. The van der Waals surface area contributed by atoms with Gasteiger partial charge in [-0.05, 0) is 81.1 Å². The summed E-state index contributed by atoms with van der Waals surface area (Å²) in [4.78, 5) is 23.5. The van der Waals surface area contributed by atoms with Crippen molar-refractivity contribution in [1.29, 1.82) is 0 Å². The fourth-order valence-electron chi connectivity index (χ4n) is 6.56. The van der Waals surface area contributed by atoms with E-state index in [1.54, 1.807) is 24.4 Å². The molecule has 2 N–H and O–H groups in total. The van der Waals surface area contributed by atoms with Crippen LogP contribution >= 0.6 is 11.6 Å². The maximum Gasteiger partial charge on any atom is 0.397 e. The summed E-state index contributed by atoms with van der Waals surface area (Å²) in [5, 5.41) is 10.1. The van der Waals surface area contributed by atoms with Gasteiger partial charge in [0.25, 0.3) is 5.79 Å². The number of para-hydroxylation sites is 1. The van der Waals surface area contributed by atoms with Gasteiger partial charge < -0.3 is 23.9 Å². The molecule has 8 rings (SSSR count). The Labute approximate surface area is 308 Å². The van der Waals surface area contributed by atoms with E-state index in [1.165, 1.54) is 31.2 Å². The zero-order valence-electron chi connectivity index (χ0n) is 29.4. The Morgan fingerprint density at radius 1 is 1.04 bits per heavy atom. The van der Waals surface area contributed by atoms with E-state index in [9.17, 15) is 18.3 Å². The number of hydrogen-bond acceptors (Lipinski definition) is 10. The number of aromatic carboxylic acids is 1. The van der Waals surface area contributed by atoms with Crippen LogP contribution in [0.1, 0.15) is 91.6 Å². The third-order valence-electron chi connectivity index (χ3n) is 9.89. The number of rotatable bonds is 8. The van der Waals surface area contributed by atoms with Gasteiger partial charge in [-0.25, -0.2) is 9.78 Å². The Bertz CT molecular complexity index is 1960. The van der Waals surface area contributed by atoms with E-state index in [0.29, 0.717) is 29.7 Å². The number of halogens is 1. The van der Waals surface area contributed by atoms with Gasteiger partial charge in [0.05, 0.1) is 47.9 Å². The number of aromatic nitrogens is 3. The Balaban J connectivity index is 0.000000406.